The van der Waals surface area contributed by atoms with Gasteiger partial charge in [-0.05, 0) is 25.0 Å². The van der Waals surface area contributed by atoms with Gasteiger partial charge in [0, 0.05) is 25.2 Å². The fraction of sp³-hybridized carbons (Fsp3) is 0.471. The van der Waals surface area contributed by atoms with Crippen LogP contribution in [0.5, 0.6) is 0 Å². The first-order chi connectivity index (χ1) is 11.2. The molecule has 2 bridgehead atoms. The van der Waals surface area contributed by atoms with Gasteiger partial charge in [0.1, 0.15) is 6.54 Å². The maximum atomic E-state index is 12.6. The van der Waals surface area contributed by atoms with Crippen molar-refractivity contribution in [2.45, 2.75) is 37.9 Å². The number of amides is 1. The van der Waals surface area contributed by atoms with E-state index in [0.717, 1.165) is 25.9 Å². The number of rotatable bonds is 2. The maximum absolute atomic E-state index is 12.6. The summed E-state index contributed by atoms with van der Waals surface area (Å²) in [5, 5.41) is 4.12. The molecule has 0 radical (unpaired) electrons. The van der Waals surface area contributed by atoms with Crippen LogP contribution in [0.3, 0.4) is 0 Å². The molecule has 0 aliphatic carbocycles. The molecule has 2 unspecified atom stereocenters. The van der Waals surface area contributed by atoms with Crippen LogP contribution in [0.15, 0.2) is 35.4 Å². The summed E-state index contributed by atoms with van der Waals surface area (Å²) in [6, 6.07) is 8.02. The van der Waals surface area contributed by atoms with Crippen molar-refractivity contribution in [3.05, 3.63) is 40.9 Å². The van der Waals surface area contributed by atoms with Crippen LogP contribution in [-0.2, 0) is 11.3 Å². The van der Waals surface area contributed by atoms with Gasteiger partial charge >= 0.3 is 0 Å². The normalized spacial score (nSPS) is 23.9. The Morgan fingerprint density at radius 2 is 1.96 bits per heavy atom. The van der Waals surface area contributed by atoms with E-state index in [-0.39, 0.29) is 18.0 Å². The third-order valence-electron chi connectivity index (χ3n) is 4.85. The van der Waals surface area contributed by atoms with Crippen molar-refractivity contribution in [1.29, 1.82) is 0 Å². The van der Waals surface area contributed by atoms with Gasteiger partial charge in [0.05, 0.1) is 17.2 Å². The van der Waals surface area contributed by atoms with Gasteiger partial charge in [0.25, 0.3) is 5.56 Å². The summed E-state index contributed by atoms with van der Waals surface area (Å²) >= 11 is 0. The van der Waals surface area contributed by atoms with E-state index < -0.39 is 0 Å². The molecule has 1 aromatic carbocycles. The van der Waals surface area contributed by atoms with Gasteiger partial charge in [-0.25, -0.2) is 4.98 Å². The number of aromatic nitrogens is 2. The van der Waals surface area contributed by atoms with Crippen LogP contribution < -0.4 is 10.9 Å². The molecule has 2 aliphatic heterocycles. The molecule has 1 amide bonds. The Bertz CT molecular complexity index is 789. The summed E-state index contributed by atoms with van der Waals surface area (Å²) in [4.78, 5) is 31.3. The van der Waals surface area contributed by atoms with E-state index in [1.807, 2.05) is 17.0 Å². The zero-order valence-electron chi connectivity index (χ0n) is 12.9. The van der Waals surface area contributed by atoms with Crippen LogP contribution in [-0.4, -0.2) is 45.5 Å². The predicted octanol–water partition coefficient (Wildman–Crippen LogP) is 0.749. The van der Waals surface area contributed by atoms with Crippen LogP contribution in [0.25, 0.3) is 10.9 Å². The van der Waals surface area contributed by atoms with Crippen LogP contribution in [0.4, 0.5) is 0 Å². The van der Waals surface area contributed by atoms with Gasteiger partial charge < -0.3 is 10.2 Å². The molecule has 1 aromatic heterocycles. The second-order valence-electron chi connectivity index (χ2n) is 6.48. The second-order valence-corrected chi connectivity index (χ2v) is 6.48. The van der Waals surface area contributed by atoms with Crippen LogP contribution >= 0.6 is 0 Å². The van der Waals surface area contributed by atoms with Gasteiger partial charge in [0.2, 0.25) is 5.91 Å². The van der Waals surface area contributed by atoms with Crippen molar-refractivity contribution < 1.29 is 4.79 Å². The highest BCUT2D eigenvalue weighted by atomic mass is 16.2. The molecule has 2 aromatic rings. The molecule has 2 atom stereocenters. The van der Waals surface area contributed by atoms with E-state index in [2.05, 4.69) is 10.3 Å². The highest BCUT2D eigenvalue weighted by Crippen LogP contribution is 2.19. The molecule has 0 spiro atoms. The molecular weight excluding hydrogens is 292 g/mol. The lowest BCUT2D eigenvalue weighted by atomic mass is 9.94. The van der Waals surface area contributed by atoms with Crippen molar-refractivity contribution in [2.24, 2.45) is 0 Å². The van der Waals surface area contributed by atoms with Gasteiger partial charge in [-0.2, -0.15) is 0 Å². The Balaban J connectivity index is 1.55. The minimum Gasteiger partial charge on any atom is -0.338 e. The summed E-state index contributed by atoms with van der Waals surface area (Å²) in [6.45, 7) is 1.55. The first kappa shape index (κ1) is 14.4. The molecule has 4 rings (SSSR count). The number of piperidine rings is 1. The highest BCUT2D eigenvalue weighted by Gasteiger charge is 2.32. The number of carbonyl (C=O) groups is 1. The summed E-state index contributed by atoms with van der Waals surface area (Å²) < 4.78 is 1.42. The van der Waals surface area contributed by atoms with E-state index in [1.54, 1.807) is 12.1 Å². The standard InChI is InChI=1S/C17H20N4O2/c22-16(20-8-12-4-3-5-13(9-20)19-12)10-21-11-18-15-7-2-1-6-14(15)17(21)23/h1-2,6-7,11-13,19H,3-5,8-10H2. The summed E-state index contributed by atoms with van der Waals surface area (Å²) in [7, 11) is 0. The van der Waals surface area contributed by atoms with E-state index in [9.17, 15) is 9.59 Å². The lowest BCUT2D eigenvalue weighted by Crippen LogP contribution is -2.60. The smallest absolute Gasteiger partial charge is 0.261 e. The number of hydrogen-bond acceptors (Lipinski definition) is 4. The third kappa shape index (κ3) is 2.74. The molecule has 6 heteroatoms. The number of para-hydroxylation sites is 1. The number of nitrogens with one attached hydrogen (secondary N) is 1. The van der Waals surface area contributed by atoms with Crippen molar-refractivity contribution in [1.82, 2.24) is 19.8 Å². The van der Waals surface area contributed by atoms with Gasteiger partial charge in [0.15, 0.2) is 0 Å². The zero-order chi connectivity index (χ0) is 15.8. The Labute approximate surface area is 134 Å². The van der Waals surface area contributed by atoms with Crippen LogP contribution in [0.2, 0.25) is 0 Å². The minimum absolute atomic E-state index is 0.00239. The van der Waals surface area contributed by atoms with Crippen molar-refractivity contribution in [2.75, 3.05) is 13.1 Å². The van der Waals surface area contributed by atoms with Crippen molar-refractivity contribution in [3.8, 4) is 0 Å². The second kappa shape index (κ2) is 5.77. The molecule has 6 nitrogen and oxygen atoms in total. The average molecular weight is 312 g/mol. The molecule has 0 saturated carbocycles. The SMILES string of the molecule is O=C(Cn1cnc2ccccc2c1=O)N1CC2CCCC(C1)N2. The number of carbonyl (C=O) groups excluding carboxylic acids is 1. The van der Waals surface area contributed by atoms with E-state index in [0.29, 0.717) is 23.0 Å². The zero-order valence-corrected chi connectivity index (χ0v) is 12.9. The molecule has 120 valence electrons. The number of hydrogen-bond donors (Lipinski definition) is 1. The Hall–Kier alpha value is -2.21. The lowest BCUT2D eigenvalue weighted by molar-refractivity contribution is -0.134. The largest absolute Gasteiger partial charge is 0.338 e. The topological polar surface area (TPSA) is 67.2 Å². The van der Waals surface area contributed by atoms with Crippen LogP contribution in [0.1, 0.15) is 19.3 Å². The summed E-state index contributed by atoms with van der Waals surface area (Å²) in [5.74, 6) is 0.00239. The molecule has 1 N–H and O–H groups in total. The van der Waals surface area contributed by atoms with Gasteiger partial charge in [-0.1, -0.05) is 18.6 Å². The molecule has 23 heavy (non-hydrogen) atoms. The Kier molecular flexibility index (Phi) is 3.61. The summed E-state index contributed by atoms with van der Waals surface area (Å²) in [6.07, 6.45) is 4.96. The van der Waals surface area contributed by atoms with E-state index in [1.165, 1.54) is 17.3 Å². The third-order valence-corrected chi connectivity index (χ3v) is 4.85. The summed E-state index contributed by atoms with van der Waals surface area (Å²) in [5.41, 5.74) is 0.511. The van der Waals surface area contributed by atoms with Gasteiger partial charge in [-0.3, -0.25) is 14.2 Å². The van der Waals surface area contributed by atoms with Crippen molar-refractivity contribution >= 4 is 16.8 Å². The molecule has 3 heterocycles. The average Bonchev–Trinajstić information content (AvgIpc) is 2.57. The lowest BCUT2D eigenvalue weighted by Gasteiger charge is -2.42. The Morgan fingerprint density at radius 1 is 1.22 bits per heavy atom. The van der Waals surface area contributed by atoms with Crippen molar-refractivity contribution in [3.63, 3.8) is 0 Å². The number of fused-ring (bicyclic) bond motifs is 3. The van der Waals surface area contributed by atoms with Gasteiger partial charge in [-0.15, -0.1) is 0 Å². The molecule has 2 fully saturated rings. The number of likely N-dealkylation sites (tertiary alicyclic amines) is 1. The molecule has 2 aliphatic rings. The molecule has 2 saturated heterocycles. The van der Waals surface area contributed by atoms with E-state index in [4.69, 9.17) is 0 Å². The first-order valence-corrected chi connectivity index (χ1v) is 8.19. The number of benzene rings is 1. The molecular formula is C17H20N4O2. The maximum Gasteiger partial charge on any atom is 0.261 e. The fourth-order valence-electron chi connectivity index (χ4n) is 3.67. The van der Waals surface area contributed by atoms with E-state index >= 15 is 0 Å². The van der Waals surface area contributed by atoms with Crippen LogP contribution in [0, 0.1) is 0 Å². The first-order valence-electron chi connectivity index (χ1n) is 8.19. The predicted molar refractivity (Wildman–Crippen MR) is 87.1 cm³/mol. The number of piperazine rings is 1. The fourth-order valence-corrected chi connectivity index (χ4v) is 3.67. The Morgan fingerprint density at radius 3 is 2.74 bits per heavy atom. The number of nitrogens with zero attached hydrogens (tertiary/aromatic N) is 3. The monoisotopic (exact) mass is 312 g/mol. The highest BCUT2D eigenvalue weighted by molar-refractivity contribution is 5.79. The minimum atomic E-state index is -0.153. The quantitative estimate of drug-likeness (QED) is 0.888.